The topological polar surface area (TPSA) is 61.8 Å². The lowest BCUT2D eigenvalue weighted by molar-refractivity contribution is -0.126. The van der Waals surface area contributed by atoms with Crippen LogP contribution in [0.1, 0.15) is 25.0 Å². The molecule has 5 nitrogen and oxygen atoms in total. The minimum absolute atomic E-state index is 0.0648. The summed E-state index contributed by atoms with van der Waals surface area (Å²) >= 11 is 0. The molecule has 2 unspecified atom stereocenters. The Hall–Kier alpha value is -1.59. The van der Waals surface area contributed by atoms with Gasteiger partial charge in [-0.15, -0.1) is 0 Å². The maximum Gasteiger partial charge on any atom is 0.237 e. The number of hydrogen-bond donors (Lipinski definition) is 2. The summed E-state index contributed by atoms with van der Waals surface area (Å²) in [5.41, 5.74) is 0.754. The van der Waals surface area contributed by atoms with E-state index in [1.165, 1.54) is 0 Å². The van der Waals surface area contributed by atoms with Crippen molar-refractivity contribution in [1.29, 1.82) is 0 Å². The van der Waals surface area contributed by atoms with Gasteiger partial charge < -0.3 is 15.2 Å². The van der Waals surface area contributed by atoms with Crippen molar-refractivity contribution < 1.29 is 14.6 Å². The maximum atomic E-state index is 12.0. The number of nitrogens with one attached hydrogen (secondary N) is 1. The zero-order valence-corrected chi connectivity index (χ0v) is 12.6. The first-order chi connectivity index (χ1) is 9.49. The van der Waals surface area contributed by atoms with Crippen LogP contribution < -0.4 is 10.1 Å². The number of ether oxygens (including phenoxy) is 1. The first kappa shape index (κ1) is 16.5. The zero-order chi connectivity index (χ0) is 15.1. The molecule has 0 aliphatic heterocycles. The van der Waals surface area contributed by atoms with Gasteiger partial charge in [0.25, 0.3) is 0 Å². The lowest BCUT2D eigenvalue weighted by Gasteiger charge is -2.22. The highest BCUT2D eigenvalue weighted by molar-refractivity contribution is 5.81. The van der Waals surface area contributed by atoms with E-state index in [0.717, 1.165) is 17.7 Å². The fourth-order valence-electron chi connectivity index (χ4n) is 2.04. The molecule has 0 aliphatic carbocycles. The summed E-state index contributed by atoms with van der Waals surface area (Å²) in [5, 5.41) is 12.8. The van der Waals surface area contributed by atoms with Gasteiger partial charge in [0.1, 0.15) is 5.75 Å². The van der Waals surface area contributed by atoms with Crippen LogP contribution in [0.3, 0.4) is 0 Å². The van der Waals surface area contributed by atoms with Crippen molar-refractivity contribution in [3.05, 3.63) is 29.8 Å². The SMILES string of the molecule is CCC(C(=O)NCC(O)c1ccc(OC)cc1)N(C)C. The largest absolute Gasteiger partial charge is 0.497 e. The Bertz CT molecular complexity index is 418. The molecule has 0 heterocycles. The number of carbonyl (C=O) groups is 1. The Morgan fingerprint density at radius 2 is 1.95 bits per heavy atom. The fraction of sp³-hybridized carbons (Fsp3) is 0.533. The Morgan fingerprint density at radius 1 is 1.35 bits per heavy atom. The van der Waals surface area contributed by atoms with E-state index in [1.807, 2.05) is 25.9 Å². The van der Waals surface area contributed by atoms with Crippen LogP contribution in [0.4, 0.5) is 0 Å². The van der Waals surface area contributed by atoms with Gasteiger partial charge in [-0.2, -0.15) is 0 Å². The molecule has 0 aliphatic rings. The van der Waals surface area contributed by atoms with Gasteiger partial charge in [0.05, 0.1) is 19.3 Å². The van der Waals surface area contributed by atoms with E-state index in [4.69, 9.17) is 4.74 Å². The van der Waals surface area contributed by atoms with E-state index in [-0.39, 0.29) is 18.5 Å². The molecule has 0 aromatic heterocycles. The molecule has 2 N–H and O–H groups in total. The first-order valence-corrected chi connectivity index (χ1v) is 6.75. The number of nitrogens with zero attached hydrogens (tertiary/aromatic N) is 1. The smallest absolute Gasteiger partial charge is 0.237 e. The van der Waals surface area contributed by atoms with E-state index in [2.05, 4.69) is 5.32 Å². The van der Waals surface area contributed by atoms with E-state index in [0.29, 0.717) is 0 Å². The predicted octanol–water partition coefficient (Wildman–Crippen LogP) is 1.19. The molecule has 0 spiro atoms. The summed E-state index contributed by atoms with van der Waals surface area (Å²) < 4.78 is 5.06. The Kier molecular flexibility index (Phi) is 6.48. The predicted molar refractivity (Wildman–Crippen MR) is 78.7 cm³/mol. The van der Waals surface area contributed by atoms with Gasteiger partial charge in [-0.3, -0.25) is 9.69 Å². The minimum atomic E-state index is -0.718. The third-order valence-corrected chi connectivity index (χ3v) is 3.28. The molecule has 2 atom stereocenters. The van der Waals surface area contributed by atoms with Gasteiger partial charge in [0.15, 0.2) is 0 Å². The normalized spacial score (nSPS) is 13.9. The number of hydrogen-bond acceptors (Lipinski definition) is 4. The molecule has 0 saturated carbocycles. The molecule has 0 bridgehead atoms. The summed E-state index contributed by atoms with van der Waals surface area (Å²) in [5.74, 6) is 0.675. The van der Waals surface area contributed by atoms with Crippen molar-refractivity contribution in [2.45, 2.75) is 25.5 Å². The molecule has 1 aromatic rings. The monoisotopic (exact) mass is 280 g/mol. The van der Waals surface area contributed by atoms with Crippen molar-refractivity contribution in [2.24, 2.45) is 0 Å². The molecule has 0 fully saturated rings. The lowest BCUT2D eigenvalue weighted by Crippen LogP contribution is -2.44. The summed E-state index contributed by atoms with van der Waals surface area (Å²) in [4.78, 5) is 13.8. The molecule has 0 saturated heterocycles. The number of likely N-dealkylation sites (N-methyl/N-ethyl adjacent to an activating group) is 1. The minimum Gasteiger partial charge on any atom is -0.497 e. The lowest BCUT2D eigenvalue weighted by atomic mass is 10.1. The van der Waals surface area contributed by atoms with Gasteiger partial charge in [0.2, 0.25) is 5.91 Å². The molecule has 5 heteroatoms. The number of benzene rings is 1. The maximum absolute atomic E-state index is 12.0. The van der Waals surface area contributed by atoms with Crippen LogP contribution in [0.5, 0.6) is 5.75 Å². The molecular weight excluding hydrogens is 256 g/mol. The molecular formula is C15H24N2O3. The average Bonchev–Trinajstić information content (AvgIpc) is 2.45. The summed E-state index contributed by atoms with van der Waals surface area (Å²) in [7, 11) is 5.33. The van der Waals surface area contributed by atoms with Crippen molar-refractivity contribution >= 4 is 5.91 Å². The van der Waals surface area contributed by atoms with Gasteiger partial charge in [-0.05, 0) is 38.2 Å². The van der Waals surface area contributed by atoms with Crippen molar-refractivity contribution in [3.8, 4) is 5.75 Å². The third kappa shape index (κ3) is 4.51. The van der Waals surface area contributed by atoms with Crippen LogP contribution in [0, 0.1) is 0 Å². The standard InChI is InChI=1S/C15H24N2O3/c1-5-13(17(2)3)15(19)16-10-14(18)11-6-8-12(20-4)9-7-11/h6-9,13-14,18H,5,10H2,1-4H3,(H,16,19). The van der Waals surface area contributed by atoms with Crippen molar-refractivity contribution in [1.82, 2.24) is 10.2 Å². The number of carbonyl (C=O) groups excluding carboxylic acids is 1. The average molecular weight is 280 g/mol. The number of aliphatic hydroxyl groups excluding tert-OH is 1. The van der Waals surface area contributed by atoms with Gasteiger partial charge in [-0.25, -0.2) is 0 Å². The highest BCUT2D eigenvalue weighted by Crippen LogP contribution is 2.17. The van der Waals surface area contributed by atoms with Crippen molar-refractivity contribution in [3.63, 3.8) is 0 Å². The van der Waals surface area contributed by atoms with Crippen molar-refractivity contribution in [2.75, 3.05) is 27.7 Å². The molecule has 1 amide bonds. The van der Waals surface area contributed by atoms with E-state index in [1.54, 1.807) is 31.4 Å². The van der Waals surface area contributed by atoms with Crippen LogP contribution >= 0.6 is 0 Å². The molecule has 112 valence electrons. The fourth-order valence-corrected chi connectivity index (χ4v) is 2.04. The second-order valence-electron chi connectivity index (χ2n) is 4.92. The second kappa shape index (κ2) is 7.87. The number of methoxy groups -OCH3 is 1. The van der Waals surface area contributed by atoms with Gasteiger partial charge in [0, 0.05) is 6.54 Å². The molecule has 20 heavy (non-hydrogen) atoms. The quantitative estimate of drug-likeness (QED) is 0.787. The Labute approximate surface area is 120 Å². The van der Waals surface area contributed by atoms with Crippen LogP contribution in [0.15, 0.2) is 24.3 Å². The third-order valence-electron chi connectivity index (χ3n) is 3.28. The summed E-state index contributed by atoms with van der Waals surface area (Å²) in [6, 6.07) is 6.99. The first-order valence-electron chi connectivity index (χ1n) is 6.75. The Balaban J connectivity index is 2.53. The molecule has 1 aromatic carbocycles. The molecule has 0 radical (unpaired) electrons. The van der Waals surface area contributed by atoms with E-state index >= 15 is 0 Å². The van der Waals surface area contributed by atoms with Crippen LogP contribution in [0.25, 0.3) is 0 Å². The van der Waals surface area contributed by atoms with Gasteiger partial charge >= 0.3 is 0 Å². The van der Waals surface area contributed by atoms with Crippen LogP contribution in [-0.2, 0) is 4.79 Å². The zero-order valence-electron chi connectivity index (χ0n) is 12.6. The van der Waals surface area contributed by atoms with Crippen LogP contribution in [-0.4, -0.2) is 49.7 Å². The van der Waals surface area contributed by atoms with E-state index in [9.17, 15) is 9.90 Å². The second-order valence-corrected chi connectivity index (χ2v) is 4.92. The van der Waals surface area contributed by atoms with Crippen LogP contribution in [0.2, 0.25) is 0 Å². The number of amides is 1. The van der Waals surface area contributed by atoms with E-state index < -0.39 is 6.10 Å². The number of aliphatic hydroxyl groups is 1. The highest BCUT2D eigenvalue weighted by Gasteiger charge is 2.19. The van der Waals surface area contributed by atoms with Gasteiger partial charge in [-0.1, -0.05) is 19.1 Å². The highest BCUT2D eigenvalue weighted by atomic mass is 16.5. The summed E-state index contributed by atoms with van der Waals surface area (Å²) in [6.07, 6.45) is 0.0156. The Morgan fingerprint density at radius 3 is 2.40 bits per heavy atom. The number of rotatable bonds is 7. The summed E-state index contributed by atoms with van der Waals surface area (Å²) in [6.45, 7) is 2.17. The molecule has 1 rings (SSSR count).